The molecule has 0 bridgehead atoms. The summed E-state index contributed by atoms with van der Waals surface area (Å²) in [5.74, 6) is 1.39. The molecule has 0 spiro atoms. The van der Waals surface area contributed by atoms with Crippen molar-refractivity contribution in [1.29, 1.82) is 0 Å². The van der Waals surface area contributed by atoms with Gasteiger partial charge in [0.1, 0.15) is 0 Å². The summed E-state index contributed by atoms with van der Waals surface area (Å²) in [7, 11) is 2.21. The molecule has 92 valence electrons. The van der Waals surface area contributed by atoms with Crippen LogP contribution in [-0.2, 0) is 4.74 Å². The summed E-state index contributed by atoms with van der Waals surface area (Å²) in [5.41, 5.74) is 5.86. The zero-order chi connectivity index (χ0) is 11.4. The fourth-order valence-corrected chi connectivity index (χ4v) is 2.81. The predicted molar refractivity (Wildman–Crippen MR) is 66.3 cm³/mol. The third-order valence-electron chi connectivity index (χ3n) is 3.58. The van der Waals surface area contributed by atoms with Crippen molar-refractivity contribution >= 4 is 0 Å². The molecule has 3 nitrogen and oxygen atoms in total. The molecule has 3 heteroatoms. The highest BCUT2D eigenvalue weighted by atomic mass is 16.5. The fourth-order valence-electron chi connectivity index (χ4n) is 2.81. The Morgan fingerprint density at radius 2 is 2.25 bits per heavy atom. The maximum Gasteiger partial charge on any atom is 0.0506 e. The summed E-state index contributed by atoms with van der Waals surface area (Å²) in [6.07, 6.45) is 8.09. The van der Waals surface area contributed by atoms with Crippen LogP contribution < -0.4 is 5.73 Å². The molecular weight excluding hydrogens is 200 g/mol. The van der Waals surface area contributed by atoms with Crippen LogP contribution in [0, 0.1) is 11.8 Å². The SMILES string of the molecule is CN(CC1C=CC(N)C1)CC1CCCOC1. The van der Waals surface area contributed by atoms with Gasteiger partial charge in [0, 0.05) is 25.7 Å². The van der Waals surface area contributed by atoms with E-state index in [0.29, 0.717) is 5.92 Å². The second-order valence-corrected chi connectivity index (χ2v) is 5.35. The Bertz CT molecular complexity index is 236. The maximum atomic E-state index is 5.86. The number of nitrogens with zero attached hydrogens (tertiary/aromatic N) is 1. The highest BCUT2D eigenvalue weighted by molar-refractivity contribution is 5.05. The van der Waals surface area contributed by atoms with Crippen LogP contribution in [0.3, 0.4) is 0 Å². The average molecular weight is 224 g/mol. The number of hydrogen-bond acceptors (Lipinski definition) is 3. The van der Waals surface area contributed by atoms with Gasteiger partial charge >= 0.3 is 0 Å². The Labute approximate surface area is 98.6 Å². The molecule has 0 saturated carbocycles. The second kappa shape index (κ2) is 5.80. The van der Waals surface area contributed by atoms with E-state index in [1.165, 1.54) is 19.4 Å². The first-order valence-corrected chi connectivity index (χ1v) is 6.44. The summed E-state index contributed by atoms with van der Waals surface area (Å²) >= 11 is 0. The van der Waals surface area contributed by atoms with Crippen molar-refractivity contribution < 1.29 is 4.74 Å². The Hall–Kier alpha value is -0.380. The molecule has 2 aliphatic rings. The van der Waals surface area contributed by atoms with Crippen molar-refractivity contribution in [3.05, 3.63) is 12.2 Å². The average Bonchev–Trinajstić information content (AvgIpc) is 2.65. The van der Waals surface area contributed by atoms with E-state index in [1.54, 1.807) is 0 Å². The van der Waals surface area contributed by atoms with Crippen LogP contribution in [0.5, 0.6) is 0 Å². The highest BCUT2D eigenvalue weighted by Gasteiger charge is 2.20. The molecule has 0 aromatic heterocycles. The first-order chi connectivity index (χ1) is 7.74. The van der Waals surface area contributed by atoms with E-state index < -0.39 is 0 Å². The van der Waals surface area contributed by atoms with Crippen molar-refractivity contribution in [2.24, 2.45) is 17.6 Å². The quantitative estimate of drug-likeness (QED) is 0.730. The number of nitrogens with two attached hydrogens (primary N) is 1. The van der Waals surface area contributed by atoms with E-state index in [9.17, 15) is 0 Å². The van der Waals surface area contributed by atoms with Gasteiger partial charge in [0.05, 0.1) is 6.61 Å². The van der Waals surface area contributed by atoms with E-state index in [-0.39, 0.29) is 6.04 Å². The Morgan fingerprint density at radius 3 is 2.88 bits per heavy atom. The molecule has 0 radical (unpaired) electrons. The first kappa shape index (κ1) is 12.1. The molecule has 1 aliphatic carbocycles. The van der Waals surface area contributed by atoms with Gasteiger partial charge in [-0.05, 0) is 38.1 Å². The Kier molecular flexibility index (Phi) is 4.38. The van der Waals surface area contributed by atoms with E-state index in [2.05, 4.69) is 24.1 Å². The van der Waals surface area contributed by atoms with Crippen LogP contribution in [0.2, 0.25) is 0 Å². The van der Waals surface area contributed by atoms with Crippen molar-refractivity contribution in [1.82, 2.24) is 4.90 Å². The van der Waals surface area contributed by atoms with E-state index in [4.69, 9.17) is 10.5 Å². The predicted octanol–water partition coefficient (Wildman–Crippen LogP) is 1.25. The van der Waals surface area contributed by atoms with Crippen molar-refractivity contribution in [3.8, 4) is 0 Å². The van der Waals surface area contributed by atoms with Gasteiger partial charge in [-0.3, -0.25) is 0 Å². The summed E-state index contributed by atoms with van der Waals surface area (Å²) in [6.45, 7) is 4.21. The summed E-state index contributed by atoms with van der Waals surface area (Å²) in [5, 5.41) is 0. The lowest BCUT2D eigenvalue weighted by Gasteiger charge is -2.28. The zero-order valence-electron chi connectivity index (χ0n) is 10.3. The van der Waals surface area contributed by atoms with Gasteiger partial charge < -0.3 is 15.4 Å². The third kappa shape index (κ3) is 3.58. The van der Waals surface area contributed by atoms with Gasteiger partial charge in [-0.2, -0.15) is 0 Å². The van der Waals surface area contributed by atoms with Gasteiger partial charge in [0.2, 0.25) is 0 Å². The minimum atomic E-state index is 0.288. The van der Waals surface area contributed by atoms with E-state index in [0.717, 1.165) is 32.1 Å². The standard InChI is InChI=1S/C13H24N2O/c1-15(8-11-4-5-13(14)7-11)9-12-3-2-6-16-10-12/h4-5,11-13H,2-3,6-10,14H2,1H3. The second-order valence-electron chi connectivity index (χ2n) is 5.35. The summed E-state index contributed by atoms with van der Waals surface area (Å²) in [4.78, 5) is 2.44. The molecule has 2 rings (SSSR count). The molecule has 0 aromatic rings. The number of rotatable bonds is 4. The molecule has 3 unspecified atom stereocenters. The number of hydrogen-bond donors (Lipinski definition) is 1. The van der Waals surface area contributed by atoms with Gasteiger partial charge in [0.25, 0.3) is 0 Å². The molecule has 0 amide bonds. The molecule has 1 fully saturated rings. The molecule has 2 N–H and O–H groups in total. The fraction of sp³-hybridized carbons (Fsp3) is 0.846. The van der Waals surface area contributed by atoms with Crippen LogP contribution in [-0.4, -0.2) is 44.3 Å². The minimum absolute atomic E-state index is 0.288. The van der Waals surface area contributed by atoms with Crippen LogP contribution >= 0.6 is 0 Å². The third-order valence-corrected chi connectivity index (χ3v) is 3.58. The normalized spacial score (nSPS) is 34.8. The van der Waals surface area contributed by atoms with Crippen molar-refractivity contribution in [2.75, 3.05) is 33.4 Å². The van der Waals surface area contributed by atoms with Crippen LogP contribution in [0.25, 0.3) is 0 Å². The van der Waals surface area contributed by atoms with Crippen molar-refractivity contribution in [2.45, 2.75) is 25.3 Å². The number of ether oxygens (including phenoxy) is 1. The lowest BCUT2D eigenvalue weighted by Crippen LogP contribution is -2.34. The molecule has 1 heterocycles. The molecule has 0 aromatic carbocycles. The maximum absolute atomic E-state index is 5.86. The van der Waals surface area contributed by atoms with Gasteiger partial charge in [-0.1, -0.05) is 12.2 Å². The van der Waals surface area contributed by atoms with Gasteiger partial charge in [-0.15, -0.1) is 0 Å². The Morgan fingerprint density at radius 1 is 1.38 bits per heavy atom. The topological polar surface area (TPSA) is 38.5 Å². The molecular formula is C13H24N2O. The first-order valence-electron chi connectivity index (χ1n) is 6.44. The highest BCUT2D eigenvalue weighted by Crippen LogP contribution is 2.19. The van der Waals surface area contributed by atoms with Crippen LogP contribution in [0.15, 0.2) is 12.2 Å². The largest absolute Gasteiger partial charge is 0.381 e. The van der Waals surface area contributed by atoms with Gasteiger partial charge in [0.15, 0.2) is 0 Å². The molecule has 1 aliphatic heterocycles. The Balaban J connectivity index is 1.67. The van der Waals surface area contributed by atoms with E-state index in [1.807, 2.05) is 0 Å². The zero-order valence-corrected chi connectivity index (χ0v) is 10.3. The van der Waals surface area contributed by atoms with Crippen molar-refractivity contribution in [3.63, 3.8) is 0 Å². The lowest BCUT2D eigenvalue weighted by molar-refractivity contribution is 0.0409. The summed E-state index contributed by atoms with van der Waals surface area (Å²) in [6, 6.07) is 0.288. The minimum Gasteiger partial charge on any atom is -0.381 e. The smallest absolute Gasteiger partial charge is 0.0506 e. The lowest BCUT2D eigenvalue weighted by atomic mass is 10.0. The molecule has 16 heavy (non-hydrogen) atoms. The van der Waals surface area contributed by atoms with Gasteiger partial charge in [-0.25, -0.2) is 0 Å². The van der Waals surface area contributed by atoms with Crippen LogP contribution in [0.1, 0.15) is 19.3 Å². The monoisotopic (exact) mass is 224 g/mol. The summed E-state index contributed by atoms with van der Waals surface area (Å²) < 4.78 is 5.51. The van der Waals surface area contributed by atoms with Crippen LogP contribution in [0.4, 0.5) is 0 Å². The molecule has 1 saturated heterocycles. The van der Waals surface area contributed by atoms with E-state index >= 15 is 0 Å². The molecule has 3 atom stereocenters.